The highest BCUT2D eigenvalue weighted by molar-refractivity contribution is 7.09. The van der Waals surface area contributed by atoms with Gasteiger partial charge in [-0.3, -0.25) is 0 Å². The van der Waals surface area contributed by atoms with Gasteiger partial charge >= 0.3 is 12.0 Å². The highest BCUT2D eigenvalue weighted by Gasteiger charge is 2.32. The molecular weight excluding hydrogens is 252 g/mol. The summed E-state index contributed by atoms with van der Waals surface area (Å²) in [5.41, 5.74) is -0.536. The van der Waals surface area contributed by atoms with Gasteiger partial charge in [-0.1, -0.05) is 26.8 Å². The van der Waals surface area contributed by atoms with Crippen molar-refractivity contribution >= 4 is 23.3 Å². The van der Waals surface area contributed by atoms with Crippen LogP contribution in [-0.2, 0) is 11.3 Å². The molecule has 1 aromatic heterocycles. The molecule has 18 heavy (non-hydrogen) atoms. The summed E-state index contributed by atoms with van der Waals surface area (Å²) in [6.07, 6.45) is 0. The third-order valence-corrected chi connectivity index (χ3v) is 3.27. The van der Waals surface area contributed by atoms with Crippen molar-refractivity contribution in [3.8, 4) is 0 Å². The fourth-order valence-electron chi connectivity index (χ4n) is 1.41. The first-order valence-corrected chi connectivity index (χ1v) is 6.48. The Hall–Kier alpha value is -1.56. The lowest BCUT2D eigenvalue weighted by Crippen LogP contribution is -2.52. The highest BCUT2D eigenvalue weighted by atomic mass is 32.1. The van der Waals surface area contributed by atoms with Gasteiger partial charge in [-0.2, -0.15) is 0 Å². The van der Waals surface area contributed by atoms with Gasteiger partial charge in [0, 0.05) is 4.88 Å². The van der Waals surface area contributed by atoms with Crippen LogP contribution in [0.1, 0.15) is 25.6 Å². The van der Waals surface area contributed by atoms with Crippen LogP contribution in [0.25, 0.3) is 0 Å². The number of rotatable bonds is 4. The van der Waals surface area contributed by atoms with Crippen molar-refractivity contribution in [1.29, 1.82) is 0 Å². The number of amides is 2. The number of hydrogen-bond donors (Lipinski definition) is 3. The maximum absolute atomic E-state index is 11.6. The van der Waals surface area contributed by atoms with Crippen molar-refractivity contribution < 1.29 is 14.7 Å². The summed E-state index contributed by atoms with van der Waals surface area (Å²) < 4.78 is 0. The summed E-state index contributed by atoms with van der Waals surface area (Å²) in [5, 5.41) is 16.1. The Morgan fingerprint density at radius 1 is 1.44 bits per heavy atom. The third-order valence-electron chi connectivity index (χ3n) is 2.39. The molecule has 3 N–H and O–H groups in total. The Morgan fingerprint density at radius 2 is 2.11 bits per heavy atom. The van der Waals surface area contributed by atoms with Crippen LogP contribution >= 0.6 is 11.3 Å². The van der Waals surface area contributed by atoms with Crippen LogP contribution in [-0.4, -0.2) is 23.1 Å². The van der Waals surface area contributed by atoms with Crippen LogP contribution in [0.4, 0.5) is 4.79 Å². The van der Waals surface area contributed by atoms with Crippen molar-refractivity contribution in [3.63, 3.8) is 0 Å². The second kappa shape index (κ2) is 5.86. The molecule has 0 aromatic carbocycles. The van der Waals surface area contributed by atoms with Gasteiger partial charge in [-0.15, -0.1) is 11.3 Å². The Morgan fingerprint density at radius 3 is 2.56 bits per heavy atom. The Labute approximate surface area is 110 Å². The first-order chi connectivity index (χ1) is 8.30. The summed E-state index contributed by atoms with van der Waals surface area (Å²) in [6.45, 7) is 5.71. The quantitative estimate of drug-likeness (QED) is 0.783. The fraction of sp³-hybridized carbons (Fsp3) is 0.500. The van der Waals surface area contributed by atoms with Crippen LogP contribution in [0.2, 0.25) is 0 Å². The number of hydrogen-bond acceptors (Lipinski definition) is 3. The number of carbonyl (C=O) groups excluding carboxylic acids is 1. The maximum atomic E-state index is 11.6. The van der Waals surface area contributed by atoms with Gasteiger partial charge in [0.15, 0.2) is 0 Å². The number of thiophene rings is 1. The normalized spacial score (nSPS) is 12.8. The van der Waals surface area contributed by atoms with Crippen molar-refractivity contribution in [2.75, 3.05) is 0 Å². The van der Waals surface area contributed by atoms with Gasteiger partial charge in [-0.25, -0.2) is 9.59 Å². The van der Waals surface area contributed by atoms with Gasteiger partial charge in [0.25, 0.3) is 0 Å². The number of carboxylic acids is 1. The second-order valence-electron chi connectivity index (χ2n) is 5.04. The summed E-state index contributed by atoms with van der Waals surface area (Å²) in [5.74, 6) is -1.03. The second-order valence-corrected chi connectivity index (χ2v) is 6.08. The molecule has 0 spiro atoms. The first-order valence-electron chi connectivity index (χ1n) is 5.60. The van der Waals surface area contributed by atoms with Crippen LogP contribution in [0.5, 0.6) is 0 Å². The lowest BCUT2D eigenvalue weighted by molar-refractivity contribution is -0.141. The van der Waals surface area contributed by atoms with Crippen molar-refractivity contribution in [3.05, 3.63) is 22.4 Å². The van der Waals surface area contributed by atoms with E-state index in [1.807, 2.05) is 17.5 Å². The van der Waals surface area contributed by atoms with Gasteiger partial charge < -0.3 is 15.7 Å². The summed E-state index contributed by atoms with van der Waals surface area (Å²) in [4.78, 5) is 23.7. The predicted molar refractivity (Wildman–Crippen MR) is 70.6 cm³/mol. The highest BCUT2D eigenvalue weighted by Crippen LogP contribution is 2.19. The Balaban J connectivity index is 2.49. The topological polar surface area (TPSA) is 78.4 Å². The van der Waals surface area contributed by atoms with Gasteiger partial charge in [0.05, 0.1) is 6.54 Å². The molecule has 1 aromatic rings. The molecule has 5 nitrogen and oxygen atoms in total. The molecule has 0 bridgehead atoms. The minimum atomic E-state index is -1.03. The zero-order chi connectivity index (χ0) is 13.8. The van der Waals surface area contributed by atoms with Crippen molar-refractivity contribution in [2.24, 2.45) is 5.41 Å². The van der Waals surface area contributed by atoms with Crippen LogP contribution in [0.15, 0.2) is 17.5 Å². The van der Waals surface area contributed by atoms with E-state index in [1.165, 1.54) is 11.3 Å². The van der Waals surface area contributed by atoms with Gasteiger partial charge in [0.1, 0.15) is 6.04 Å². The first kappa shape index (κ1) is 14.5. The Kier molecular flexibility index (Phi) is 4.72. The maximum Gasteiger partial charge on any atom is 0.326 e. The van der Waals surface area contributed by atoms with Crippen molar-refractivity contribution in [1.82, 2.24) is 10.6 Å². The smallest absolute Gasteiger partial charge is 0.326 e. The molecule has 0 radical (unpaired) electrons. The molecule has 1 heterocycles. The standard InChI is InChI=1S/C12H18N2O3S/c1-12(2,3)9(10(15)16)14-11(17)13-7-8-5-4-6-18-8/h4-6,9H,7H2,1-3H3,(H,15,16)(H2,13,14,17). The SMILES string of the molecule is CC(C)(C)C(NC(=O)NCc1cccs1)C(=O)O. The molecule has 1 unspecified atom stereocenters. The van der Waals surface area contributed by atoms with Gasteiger partial charge in [0.2, 0.25) is 0 Å². The minimum Gasteiger partial charge on any atom is -0.480 e. The van der Waals surface area contributed by atoms with E-state index in [2.05, 4.69) is 10.6 Å². The number of aliphatic carboxylic acids is 1. The Bertz CT molecular complexity index is 409. The van der Waals surface area contributed by atoms with Crippen LogP contribution in [0, 0.1) is 5.41 Å². The number of urea groups is 1. The van der Waals surface area contributed by atoms with Crippen molar-refractivity contribution in [2.45, 2.75) is 33.4 Å². The molecule has 0 aliphatic rings. The van der Waals surface area contributed by atoms with E-state index >= 15 is 0 Å². The molecule has 0 aliphatic heterocycles. The van der Waals surface area contributed by atoms with Gasteiger partial charge in [-0.05, 0) is 16.9 Å². The monoisotopic (exact) mass is 270 g/mol. The lowest BCUT2D eigenvalue weighted by Gasteiger charge is -2.27. The van der Waals surface area contributed by atoms with E-state index in [1.54, 1.807) is 20.8 Å². The van der Waals surface area contributed by atoms with E-state index < -0.39 is 23.5 Å². The zero-order valence-electron chi connectivity index (χ0n) is 10.7. The summed E-state index contributed by atoms with van der Waals surface area (Å²) >= 11 is 1.54. The van der Waals surface area contributed by atoms with Crippen LogP contribution < -0.4 is 10.6 Å². The zero-order valence-corrected chi connectivity index (χ0v) is 11.5. The average Bonchev–Trinajstić information content (AvgIpc) is 2.73. The fourth-order valence-corrected chi connectivity index (χ4v) is 2.06. The molecule has 6 heteroatoms. The molecule has 1 rings (SSSR count). The molecule has 0 fully saturated rings. The van der Waals surface area contributed by atoms with Crippen LogP contribution in [0.3, 0.4) is 0 Å². The molecule has 0 saturated heterocycles. The minimum absolute atomic E-state index is 0.403. The van der Waals surface area contributed by atoms with E-state index in [4.69, 9.17) is 5.11 Å². The van der Waals surface area contributed by atoms with E-state index in [0.29, 0.717) is 6.54 Å². The predicted octanol–water partition coefficient (Wildman–Crippen LogP) is 2.05. The molecule has 0 saturated carbocycles. The molecule has 1 atom stereocenters. The molecule has 0 aliphatic carbocycles. The molecule has 100 valence electrons. The van der Waals surface area contributed by atoms with E-state index in [0.717, 1.165) is 4.88 Å². The largest absolute Gasteiger partial charge is 0.480 e. The lowest BCUT2D eigenvalue weighted by atomic mass is 9.87. The molecule has 2 amide bonds. The number of carbonyl (C=O) groups is 2. The van der Waals surface area contributed by atoms with E-state index in [-0.39, 0.29) is 0 Å². The summed E-state index contributed by atoms with van der Waals surface area (Å²) in [7, 11) is 0. The average molecular weight is 270 g/mol. The van der Waals surface area contributed by atoms with E-state index in [9.17, 15) is 9.59 Å². The third kappa shape index (κ3) is 4.37. The number of nitrogens with one attached hydrogen (secondary N) is 2. The summed E-state index contributed by atoms with van der Waals surface area (Å²) in [6, 6.07) is 2.42. The molecular formula is C12H18N2O3S. The number of carboxylic acid groups (broad SMARTS) is 1.